The third kappa shape index (κ3) is 2.98. The highest BCUT2D eigenvalue weighted by Crippen LogP contribution is 2.37. The van der Waals surface area contributed by atoms with Crippen LogP contribution in [0.3, 0.4) is 0 Å². The minimum Gasteiger partial charge on any atom is -0.335 e. The number of nitrogens with two attached hydrogens (primary N) is 1. The molecule has 3 heteroatoms. The molecule has 1 aromatic carbocycles. The van der Waals surface area contributed by atoms with Crippen molar-refractivity contribution in [2.24, 2.45) is 17.6 Å². The van der Waals surface area contributed by atoms with Crippen molar-refractivity contribution in [1.29, 1.82) is 0 Å². The van der Waals surface area contributed by atoms with E-state index in [1.165, 1.54) is 18.4 Å². The van der Waals surface area contributed by atoms with Crippen molar-refractivity contribution in [1.82, 2.24) is 4.90 Å². The van der Waals surface area contributed by atoms with Crippen molar-refractivity contribution in [2.75, 3.05) is 13.1 Å². The highest BCUT2D eigenvalue weighted by atomic mass is 16.2. The predicted octanol–water partition coefficient (Wildman–Crippen LogP) is 3.12. The molecule has 2 N–H and O–H groups in total. The summed E-state index contributed by atoms with van der Waals surface area (Å²) in [5.41, 5.74) is 7.19. The molecule has 1 amide bonds. The molecule has 1 aromatic rings. The van der Waals surface area contributed by atoms with E-state index in [4.69, 9.17) is 5.73 Å². The number of hydrogen-bond acceptors (Lipinski definition) is 2. The normalized spacial score (nSPS) is 29.6. The van der Waals surface area contributed by atoms with Crippen LogP contribution in [0.15, 0.2) is 30.3 Å². The van der Waals surface area contributed by atoms with E-state index in [1.807, 2.05) is 6.07 Å². The van der Waals surface area contributed by atoms with Crippen molar-refractivity contribution < 1.29 is 4.79 Å². The van der Waals surface area contributed by atoms with Crippen LogP contribution >= 0.6 is 0 Å². The van der Waals surface area contributed by atoms with E-state index < -0.39 is 0 Å². The maximum atomic E-state index is 13.0. The topological polar surface area (TPSA) is 46.3 Å². The Balaban J connectivity index is 1.76. The smallest absolute Gasteiger partial charge is 0.226 e. The van der Waals surface area contributed by atoms with Gasteiger partial charge in [-0.3, -0.25) is 4.79 Å². The molecule has 0 radical (unpaired) electrons. The Morgan fingerprint density at radius 2 is 1.86 bits per heavy atom. The van der Waals surface area contributed by atoms with E-state index >= 15 is 0 Å². The standard InChI is InChI=1S/C18H26N2O/c19-13-15-9-4-5-10-16(15)18(21)20-12-6-11-17(20)14-7-2-1-3-8-14/h1-3,7-8,15-17H,4-6,9-13,19H2. The van der Waals surface area contributed by atoms with Gasteiger partial charge in [-0.05, 0) is 43.7 Å². The molecule has 1 aliphatic heterocycles. The molecular weight excluding hydrogens is 260 g/mol. The number of carbonyl (C=O) groups excluding carboxylic acids is 1. The molecule has 3 rings (SSSR count). The fourth-order valence-corrected chi connectivity index (χ4v) is 4.08. The Bertz CT molecular complexity index is 473. The average Bonchev–Trinajstić information content (AvgIpc) is 3.04. The molecule has 3 atom stereocenters. The fourth-order valence-electron chi connectivity index (χ4n) is 4.08. The lowest BCUT2D eigenvalue weighted by Gasteiger charge is -2.35. The number of hydrogen-bond donors (Lipinski definition) is 1. The summed E-state index contributed by atoms with van der Waals surface area (Å²) in [5.74, 6) is 0.910. The molecule has 1 saturated heterocycles. The summed E-state index contributed by atoms with van der Waals surface area (Å²) in [6.07, 6.45) is 6.76. The van der Waals surface area contributed by atoms with Gasteiger partial charge >= 0.3 is 0 Å². The average molecular weight is 286 g/mol. The van der Waals surface area contributed by atoms with Gasteiger partial charge < -0.3 is 10.6 Å². The zero-order valence-corrected chi connectivity index (χ0v) is 12.7. The molecule has 2 aliphatic rings. The highest BCUT2D eigenvalue weighted by molar-refractivity contribution is 5.80. The minimum absolute atomic E-state index is 0.160. The summed E-state index contributed by atoms with van der Waals surface area (Å²) in [7, 11) is 0. The van der Waals surface area contributed by atoms with E-state index in [0.29, 0.717) is 18.4 Å². The number of likely N-dealkylation sites (tertiary alicyclic amines) is 1. The fraction of sp³-hybridized carbons (Fsp3) is 0.611. The van der Waals surface area contributed by atoms with Crippen LogP contribution in [0.1, 0.15) is 50.1 Å². The molecule has 1 aliphatic carbocycles. The van der Waals surface area contributed by atoms with E-state index in [-0.39, 0.29) is 12.0 Å². The molecule has 3 unspecified atom stereocenters. The van der Waals surface area contributed by atoms with E-state index in [1.54, 1.807) is 0 Å². The van der Waals surface area contributed by atoms with Crippen LogP contribution in [0.2, 0.25) is 0 Å². The Morgan fingerprint density at radius 3 is 2.62 bits per heavy atom. The molecule has 2 fully saturated rings. The summed E-state index contributed by atoms with van der Waals surface area (Å²) in [6, 6.07) is 10.8. The second-order valence-electron chi connectivity index (χ2n) is 6.49. The van der Waals surface area contributed by atoms with Gasteiger partial charge in [0.15, 0.2) is 0 Å². The molecular formula is C18H26N2O. The molecule has 3 nitrogen and oxygen atoms in total. The second-order valence-corrected chi connectivity index (χ2v) is 6.49. The van der Waals surface area contributed by atoms with Gasteiger partial charge in [-0.2, -0.15) is 0 Å². The lowest BCUT2D eigenvalue weighted by Crippen LogP contribution is -2.42. The lowest BCUT2D eigenvalue weighted by atomic mass is 9.78. The molecule has 1 heterocycles. The molecule has 114 valence electrons. The predicted molar refractivity (Wildman–Crippen MR) is 84.6 cm³/mol. The van der Waals surface area contributed by atoms with Crippen LogP contribution in [0.4, 0.5) is 0 Å². The van der Waals surface area contributed by atoms with Gasteiger partial charge in [-0.25, -0.2) is 0 Å². The number of amides is 1. The van der Waals surface area contributed by atoms with Crippen LogP contribution in [0.25, 0.3) is 0 Å². The Hall–Kier alpha value is -1.35. The van der Waals surface area contributed by atoms with Crippen molar-refractivity contribution in [3.05, 3.63) is 35.9 Å². The molecule has 0 bridgehead atoms. The van der Waals surface area contributed by atoms with Crippen molar-refractivity contribution in [3.63, 3.8) is 0 Å². The SMILES string of the molecule is NCC1CCCCC1C(=O)N1CCCC1c1ccccc1. The summed E-state index contributed by atoms with van der Waals surface area (Å²) in [4.78, 5) is 15.2. The number of benzene rings is 1. The van der Waals surface area contributed by atoms with E-state index in [9.17, 15) is 4.79 Å². The molecule has 21 heavy (non-hydrogen) atoms. The van der Waals surface area contributed by atoms with Crippen molar-refractivity contribution >= 4 is 5.91 Å². The monoisotopic (exact) mass is 286 g/mol. The van der Waals surface area contributed by atoms with Crippen LogP contribution in [-0.2, 0) is 4.79 Å². The summed E-state index contributed by atoms with van der Waals surface area (Å²) in [5, 5.41) is 0. The van der Waals surface area contributed by atoms with Crippen LogP contribution in [0, 0.1) is 11.8 Å². The summed E-state index contributed by atoms with van der Waals surface area (Å²) in [6.45, 7) is 1.56. The minimum atomic E-state index is 0.160. The number of nitrogens with zero attached hydrogens (tertiary/aromatic N) is 1. The van der Waals surface area contributed by atoms with Crippen LogP contribution < -0.4 is 5.73 Å². The Morgan fingerprint density at radius 1 is 1.10 bits per heavy atom. The zero-order chi connectivity index (χ0) is 14.7. The summed E-state index contributed by atoms with van der Waals surface area (Å²) < 4.78 is 0. The van der Waals surface area contributed by atoms with Gasteiger partial charge in [0.25, 0.3) is 0 Å². The van der Waals surface area contributed by atoms with Gasteiger partial charge in [0.1, 0.15) is 0 Å². The van der Waals surface area contributed by atoms with Gasteiger partial charge in [0.2, 0.25) is 5.91 Å². The van der Waals surface area contributed by atoms with E-state index in [2.05, 4.69) is 29.2 Å². The first kappa shape index (κ1) is 14.6. The largest absolute Gasteiger partial charge is 0.335 e. The maximum Gasteiger partial charge on any atom is 0.226 e. The van der Waals surface area contributed by atoms with Crippen molar-refractivity contribution in [2.45, 2.75) is 44.6 Å². The lowest BCUT2D eigenvalue weighted by molar-refractivity contribution is -0.139. The zero-order valence-electron chi connectivity index (χ0n) is 12.7. The quantitative estimate of drug-likeness (QED) is 0.928. The molecule has 0 spiro atoms. The molecule has 1 saturated carbocycles. The van der Waals surface area contributed by atoms with Gasteiger partial charge in [0, 0.05) is 12.5 Å². The summed E-state index contributed by atoms with van der Waals surface area (Å²) >= 11 is 0. The van der Waals surface area contributed by atoms with Gasteiger partial charge in [0.05, 0.1) is 6.04 Å². The number of rotatable bonds is 3. The maximum absolute atomic E-state index is 13.0. The van der Waals surface area contributed by atoms with E-state index in [0.717, 1.165) is 32.2 Å². The van der Waals surface area contributed by atoms with Crippen LogP contribution in [-0.4, -0.2) is 23.9 Å². The highest BCUT2D eigenvalue weighted by Gasteiger charge is 2.37. The Labute approximate surface area is 127 Å². The third-order valence-corrected chi connectivity index (χ3v) is 5.25. The van der Waals surface area contributed by atoms with Crippen molar-refractivity contribution in [3.8, 4) is 0 Å². The first-order valence-corrected chi connectivity index (χ1v) is 8.36. The number of carbonyl (C=O) groups is 1. The van der Waals surface area contributed by atoms with Crippen LogP contribution in [0.5, 0.6) is 0 Å². The molecule has 0 aromatic heterocycles. The first-order chi connectivity index (χ1) is 10.3. The second kappa shape index (κ2) is 6.61. The van der Waals surface area contributed by atoms with Gasteiger partial charge in [-0.15, -0.1) is 0 Å². The first-order valence-electron chi connectivity index (χ1n) is 8.36. The van der Waals surface area contributed by atoms with Gasteiger partial charge in [-0.1, -0.05) is 43.2 Å². The third-order valence-electron chi connectivity index (χ3n) is 5.25. The Kier molecular flexibility index (Phi) is 4.59.